The summed E-state index contributed by atoms with van der Waals surface area (Å²) >= 11 is 6.07. The Morgan fingerprint density at radius 3 is 0.906 bits per heavy atom. The van der Waals surface area contributed by atoms with Crippen LogP contribution >= 0.6 is 11.6 Å². The van der Waals surface area contributed by atoms with E-state index in [0.29, 0.717) is 51.3 Å². The molecular formula is C110H77BClKN12O2. The zero-order valence-electron chi connectivity index (χ0n) is 71.1. The first-order valence-electron chi connectivity index (χ1n) is 41.8. The second-order valence-electron chi connectivity index (χ2n) is 32.3. The van der Waals surface area contributed by atoms with E-state index in [2.05, 4.69) is 301 Å². The number of para-hydroxylation sites is 6. The van der Waals surface area contributed by atoms with Crippen LogP contribution in [0.1, 0.15) is 29.1 Å². The van der Waals surface area contributed by atoms with Crippen LogP contribution in [-0.4, -0.2) is 66.5 Å². The predicted molar refractivity (Wildman–Crippen MR) is 516 cm³/mol. The molecule has 0 unspecified atom stereocenters. The van der Waals surface area contributed by atoms with Crippen molar-refractivity contribution in [3.05, 3.63) is 416 Å². The van der Waals surface area contributed by atoms with Gasteiger partial charge in [-0.05, 0) is 160 Å². The van der Waals surface area contributed by atoms with Crippen molar-refractivity contribution in [2.24, 2.45) is 0 Å². The second kappa shape index (κ2) is 33.9. The molecule has 0 aliphatic carbocycles. The molecule has 1 fully saturated rings. The van der Waals surface area contributed by atoms with Crippen LogP contribution in [0.25, 0.3) is 199 Å². The van der Waals surface area contributed by atoms with Crippen molar-refractivity contribution in [3.63, 3.8) is 0 Å². The van der Waals surface area contributed by atoms with E-state index in [0.717, 1.165) is 106 Å². The Morgan fingerprint density at radius 1 is 0.268 bits per heavy atom. The number of nitrogens with zero attached hydrogens (tertiary/aromatic N) is 12. The van der Waals surface area contributed by atoms with Gasteiger partial charge in [-0.2, -0.15) is 0 Å². The average molecular weight is 1680 g/mol. The minimum Gasteiger partial charge on any atom is -1.00 e. The molecule has 0 radical (unpaired) electrons. The molecule has 23 rings (SSSR count). The molecule has 0 bridgehead atoms. The van der Waals surface area contributed by atoms with Crippen LogP contribution in [0.2, 0.25) is 5.02 Å². The molecule has 17 heteroatoms. The van der Waals surface area contributed by atoms with Gasteiger partial charge in [0, 0.05) is 104 Å². The van der Waals surface area contributed by atoms with Gasteiger partial charge in [0.25, 0.3) is 0 Å². The van der Waals surface area contributed by atoms with Crippen LogP contribution in [0.5, 0.6) is 0 Å². The molecule has 16 aromatic carbocycles. The van der Waals surface area contributed by atoms with Crippen LogP contribution in [0.4, 0.5) is 11.4 Å². The Bertz CT molecular complexity index is 7940. The number of hydrogen-bond donors (Lipinski definition) is 0. The summed E-state index contributed by atoms with van der Waals surface area (Å²) in [6, 6.07) is 133. The van der Waals surface area contributed by atoms with Gasteiger partial charge in [0.1, 0.15) is 0 Å². The van der Waals surface area contributed by atoms with Crippen molar-refractivity contribution in [2.75, 3.05) is 0 Å². The smallest absolute Gasteiger partial charge is 1.00 e. The summed E-state index contributed by atoms with van der Waals surface area (Å²) in [7, 11) is -0.418. The Hall–Kier alpha value is -14.4. The molecule has 0 saturated carbocycles. The van der Waals surface area contributed by atoms with Gasteiger partial charge in [0.05, 0.1) is 68.5 Å². The average Bonchev–Trinajstić information content (AvgIpc) is 1.56. The maximum Gasteiger partial charge on any atom is 1.00 e. The fraction of sp³-hybridized carbons (Fsp3) is 0.0545. The van der Waals surface area contributed by atoms with Crippen LogP contribution in [-0.2, 0) is 9.31 Å². The minimum atomic E-state index is -0.418. The third-order valence-electron chi connectivity index (χ3n) is 24.1. The molecule has 22 aromatic rings. The van der Waals surface area contributed by atoms with Gasteiger partial charge in [0.15, 0.2) is 40.6 Å². The van der Waals surface area contributed by atoms with Crippen LogP contribution in [0, 0.1) is 13.1 Å². The van der Waals surface area contributed by atoms with Crippen molar-refractivity contribution >= 4 is 123 Å². The SMILES string of the molecule is CC1(C)OB(c2ccc3c(c2)c2cc4c(cc2n3-c2ccccc2)c2ccccc2n4-c2ccccc2)OC1(C)C.[C-]#[N+]c1cc(-c2nc(-c3ccccc3)nc(-c3ccccc3)n2)ccc1-c1ccc2c(c1)c1cc3c(cc1n2-c1ccccc1)c1ccccc1n3-c1ccccc1.[C-]#[N+]c1cc(-c2nc(-c3ccccc3)nc(-c3ccccc3)n2)ccc1Cl.[H-].[K+]. The molecule has 0 spiro atoms. The number of halogens is 1. The summed E-state index contributed by atoms with van der Waals surface area (Å²) in [6.07, 6.45) is 0. The van der Waals surface area contributed by atoms with E-state index in [9.17, 15) is 0 Å². The van der Waals surface area contributed by atoms with E-state index >= 15 is 0 Å². The van der Waals surface area contributed by atoms with E-state index < -0.39 is 18.3 Å². The van der Waals surface area contributed by atoms with E-state index in [1.54, 1.807) is 12.1 Å². The van der Waals surface area contributed by atoms with E-state index in [-0.39, 0.29) is 52.8 Å². The fourth-order valence-electron chi connectivity index (χ4n) is 17.3. The molecule has 1 aliphatic heterocycles. The van der Waals surface area contributed by atoms with Gasteiger partial charge in [0.2, 0.25) is 5.69 Å². The van der Waals surface area contributed by atoms with E-state index in [1.165, 1.54) is 54.4 Å². The maximum absolute atomic E-state index is 8.37. The quantitative estimate of drug-likeness (QED) is 0.0875. The molecule has 0 atom stereocenters. The fourth-order valence-corrected chi connectivity index (χ4v) is 17.5. The molecular weight excluding hydrogens is 1610 g/mol. The second-order valence-corrected chi connectivity index (χ2v) is 32.7. The van der Waals surface area contributed by atoms with Crippen molar-refractivity contribution < 1.29 is 62.1 Å². The summed E-state index contributed by atoms with van der Waals surface area (Å²) in [5.74, 6) is 3.35. The predicted octanol–water partition coefficient (Wildman–Crippen LogP) is 24.7. The third kappa shape index (κ3) is 15.0. The first-order valence-corrected chi connectivity index (χ1v) is 42.2. The van der Waals surface area contributed by atoms with Crippen molar-refractivity contribution in [1.82, 2.24) is 48.2 Å². The van der Waals surface area contributed by atoms with Crippen LogP contribution < -0.4 is 56.8 Å². The van der Waals surface area contributed by atoms with Crippen LogP contribution in [0.15, 0.2) is 388 Å². The summed E-state index contributed by atoms with van der Waals surface area (Å²) in [6.45, 7) is 24.1. The summed E-state index contributed by atoms with van der Waals surface area (Å²) in [4.78, 5) is 36.2. The number of fused-ring (bicyclic) bond motifs is 12. The Balaban J connectivity index is 0.000000133. The largest absolute Gasteiger partial charge is 1.00 e. The first kappa shape index (κ1) is 81.0. The van der Waals surface area contributed by atoms with E-state index in [4.69, 9.17) is 49.0 Å². The zero-order valence-corrected chi connectivity index (χ0v) is 74.0. The van der Waals surface area contributed by atoms with Crippen LogP contribution in [0.3, 0.4) is 0 Å². The summed E-state index contributed by atoms with van der Waals surface area (Å²) in [5, 5.41) is 9.94. The van der Waals surface area contributed by atoms with Gasteiger partial charge in [-0.15, -0.1) is 0 Å². The molecule has 1 saturated heterocycles. The van der Waals surface area contributed by atoms with Crippen molar-refractivity contribution in [3.8, 4) is 102 Å². The topological polar surface area (TPSA) is 124 Å². The summed E-state index contributed by atoms with van der Waals surface area (Å²) in [5.41, 5.74) is 21.8. The van der Waals surface area contributed by atoms with Gasteiger partial charge >= 0.3 is 58.5 Å². The number of rotatable bonds is 12. The van der Waals surface area contributed by atoms with Gasteiger partial charge in [-0.1, -0.05) is 285 Å². The van der Waals surface area contributed by atoms with Gasteiger partial charge in [-0.25, -0.2) is 39.6 Å². The van der Waals surface area contributed by atoms with Crippen molar-refractivity contribution in [1.29, 1.82) is 0 Å². The van der Waals surface area contributed by atoms with Crippen molar-refractivity contribution in [2.45, 2.75) is 38.9 Å². The Morgan fingerprint density at radius 2 is 0.543 bits per heavy atom. The number of aromatic nitrogens is 10. The third-order valence-corrected chi connectivity index (χ3v) is 24.5. The number of benzene rings is 16. The molecule has 127 heavy (non-hydrogen) atoms. The monoisotopic (exact) mass is 1680 g/mol. The molecule has 600 valence electrons. The van der Waals surface area contributed by atoms with Gasteiger partial charge < -0.3 is 29.0 Å². The molecule has 0 amide bonds. The molecule has 0 N–H and O–H groups in total. The Kier molecular flexibility index (Phi) is 21.6. The van der Waals surface area contributed by atoms with E-state index in [1.807, 2.05) is 146 Å². The normalized spacial score (nSPS) is 12.7. The molecule has 6 aromatic heterocycles. The molecule has 14 nitrogen and oxygen atoms in total. The molecule has 1 aliphatic rings. The Labute approximate surface area is 783 Å². The zero-order chi connectivity index (χ0) is 85.2. The number of hydrogen-bond acceptors (Lipinski definition) is 8. The standard InChI is InChI=1S/C52H32N6.C36H31BN2O2.C22H13ClN4.K.H/c1-53-45-31-37(52-55-50(34-16-6-2-7-17-34)54-51(56-52)35-18-8-3-9-19-35)26-28-40(45)36-27-29-47-42(30-36)44-33-48-43(32-49(44)58(47)39-22-12-5-13-23-39)41-24-14-15-25-46(41)57(48)38-20-10-4-11-21-38;1-35(2)36(3,4)41-37(40-35)24-19-20-32-28(21-24)30-23-33-29(22-34(30)39(32)26-15-9-6-10-16-26)27-17-11-12-18-31(27)38(33)25-13-7-5-8-14-25;1-24-19-14-17(12-13-18(19)23)22-26-20(15-8-4-2-5-9-15)25-21(27-22)16-10-6-3-7-11-16;;/h2-33H;5-23H,1-4H3;2-14H;;/q;;;+1;-1. The maximum atomic E-state index is 8.37. The first-order chi connectivity index (χ1) is 61.8. The van der Waals surface area contributed by atoms with Gasteiger partial charge in [-0.3, -0.25) is 0 Å². The minimum absolute atomic E-state index is 0. The molecule has 7 heterocycles. The summed E-state index contributed by atoms with van der Waals surface area (Å²) < 4.78 is 22.4.